The van der Waals surface area contributed by atoms with Crippen LogP contribution in [0.3, 0.4) is 0 Å². The lowest BCUT2D eigenvalue weighted by Crippen LogP contribution is -2.20. The zero-order valence-electron chi connectivity index (χ0n) is 7.98. The molecule has 2 aromatic heterocycles. The molecule has 2 unspecified atom stereocenters. The van der Waals surface area contributed by atoms with Crippen LogP contribution >= 0.6 is 12.6 Å². The molecule has 0 aliphatic rings. The molecule has 0 fully saturated rings. The highest BCUT2D eigenvalue weighted by Gasteiger charge is 2.20. The maximum atomic E-state index is 9.82. The fraction of sp³-hybridized carbons (Fsp3) is 0.300. The molecule has 4 nitrogen and oxygen atoms in total. The summed E-state index contributed by atoms with van der Waals surface area (Å²) in [6.07, 6.45) is 1.52. The molecule has 2 N–H and O–H groups in total. The van der Waals surface area contributed by atoms with Gasteiger partial charge in [-0.1, -0.05) is 6.07 Å². The molecule has 2 rings (SSSR count). The van der Waals surface area contributed by atoms with Gasteiger partial charge < -0.3 is 14.6 Å². The van der Waals surface area contributed by atoms with Gasteiger partial charge in [0.2, 0.25) is 0 Å². The van der Waals surface area contributed by atoms with Crippen molar-refractivity contribution < 1.29 is 10.2 Å². The molecule has 2 atom stereocenters. The van der Waals surface area contributed by atoms with Gasteiger partial charge in [0.1, 0.15) is 11.8 Å². The van der Waals surface area contributed by atoms with E-state index >= 15 is 0 Å². The predicted molar refractivity (Wildman–Crippen MR) is 60.0 cm³/mol. The minimum Gasteiger partial charge on any atom is -0.389 e. The van der Waals surface area contributed by atoms with Gasteiger partial charge in [0.05, 0.1) is 18.0 Å². The number of rotatable bonds is 3. The number of hydrogen-bond donors (Lipinski definition) is 3. The Balaban J connectivity index is 2.43. The number of pyridine rings is 1. The van der Waals surface area contributed by atoms with Crippen LogP contribution in [0.5, 0.6) is 0 Å². The Bertz CT molecular complexity index is 457. The smallest absolute Gasteiger partial charge is 0.136 e. The third-order valence-electron chi connectivity index (χ3n) is 2.30. The van der Waals surface area contributed by atoms with E-state index in [-0.39, 0.29) is 5.75 Å². The van der Waals surface area contributed by atoms with E-state index in [1.807, 2.05) is 18.2 Å². The minimum absolute atomic E-state index is 0.210. The van der Waals surface area contributed by atoms with E-state index in [1.165, 1.54) is 0 Å². The monoisotopic (exact) mass is 224 g/mol. The lowest BCUT2D eigenvalue weighted by Gasteiger charge is -2.15. The van der Waals surface area contributed by atoms with Crippen molar-refractivity contribution >= 4 is 18.3 Å². The summed E-state index contributed by atoms with van der Waals surface area (Å²) in [5.41, 5.74) is 1.32. The first-order valence-corrected chi connectivity index (χ1v) is 5.26. The van der Waals surface area contributed by atoms with Gasteiger partial charge in [-0.15, -0.1) is 0 Å². The first kappa shape index (κ1) is 10.5. The Morgan fingerprint density at radius 3 is 2.93 bits per heavy atom. The molecule has 0 bridgehead atoms. The van der Waals surface area contributed by atoms with Crippen LogP contribution in [0, 0.1) is 0 Å². The first-order chi connectivity index (χ1) is 7.24. The predicted octanol–water partition coefficient (Wildman–Crippen LogP) is 0.658. The van der Waals surface area contributed by atoms with Gasteiger partial charge in [-0.05, 0) is 12.1 Å². The summed E-state index contributed by atoms with van der Waals surface area (Å²) in [5, 5.41) is 19.3. The van der Waals surface area contributed by atoms with Crippen molar-refractivity contribution in [1.29, 1.82) is 0 Å². The number of thiol groups is 1. The van der Waals surface area contributed by atoms with Crippen molar-refractivity contribution in [1.82, 2.24) is 9.38 Å². The molecular formula is C10H12N2O2S. The normalized spacial score (nSPS) is 15.4. The standard InChI is InChI=1S/C10H12N2O2S/c13-8(6-15)10(14)7-5-11-9-3-1-2-4-12(7)9/h1-5,8,10,13-15H,6H2. The van der Waals surface area contributed by atoms with E-state index in [0.717, 1.165) is 5.65 Å². The second kappa shape index (κ2) is 4.22. The minimum atomic E-state index is -0.958. The maximum absolute atomic E-state index is 9.82. The van der Waals surface area contributed by atoms with Crippen LogP contribution in [0.1, 0.15) is 11.8 Å². The second-order valence-corrected chi connectivity index (χ2v) is 3.67. The number of aliphatic hydroxyl groups excluding tert-OH is 2. The van der Waals surface area contributed by atoms with Crippen LogP contribution in [-0.4, -0.2) is 31.5 Å². The summed E-state index contributed by atoms with van der Waals surface area (Å²) in [6.45, 7) is 0. The zero-order valence-corrected chi connectivity index (χ0v) is 8.88. The molecule has 5 heteroatoms. The van der Waals surface area contributed by atoms with Crippen LogP contribution in [0.2, 0.25) is 0 Å². The number of fused-ring (bicyclic) bond motifs is 1. The lowest BCUT2D eigenvalue weighted by atomic mass is 10.2. The van der Waals surface area contributed by atoms with Crippen molar-refractivity contribution in [2.45, 2.75) is 12.2 Å². The van der Waals surface area contributed by atoms with Crippen molar-refractivity contribution in [2.75, 3.05) is 5.75 Å². The molecule has 15 heavy (non-hydrogen) atoms. The van der Waals surface area contributed by atoms with Gasteiger partial charge in [0.15, 0.2) is 0 Å². The SMILES string of the molecule is OC(CS)C(O)c1cnc2ccccn12. The molecule has 0 spiro atoms. The molecular weight excluding hydrogens is 212 g/mol. The average molecular weight is 224 g/mol. The Kier molecular flexibility index (Phi) is 2.95. The molecule has 0 amide bonds. The Morgan fingerprint density at radius 2 is 2.20 bits per heavy atom. The number of aromatic nitrogens is 2. The van der Waals surface area contributed by atoms with Gasteiger partial charge in [-0.2, -0.15) is 12.6 Å². The van der Waals surface area contributed by atoms with E-state index in [1.54, 1.807) is 16.8 Å². The third kappa shape index (κ3) is 1.86. The Labute approximate surface area is 92.6 Å². The highest BCUT2D eigenvalue weighted by atomic mass is 32.1. The number of nitrogens with zero attached hydrogens (tertiary/aromatic N) is 2. The average Bonchev–Trinajstić information content (AvgIpc) is 2.70. The summed E-state index contributed by atoms with van der Waals surface area (Å²) in [5.74, 6) is 0.210. The third-order valence-corrected chi connectivity index (χ3v) is 2.67. The van der Waals surface area contributed by atoms with E-state index < -0.39 is 12.2 Å². The van der Waals surface area contributed by atoms with Gasteiger partial charge in [-0.25, -0.2) is 4.98 Å². The zero-order chi connectivity index (χ0) is 10.8. The van der Waals surface area contributed by atoms with Gasteiger partial charge >= 0.3 is 0 Å². The molecule has 2 aromatic rings. The van der Waals surface area contributed by atoms with E-state index in [9.17, 15) is 10.2 Å². The fourth-order valence-electron chi connectivity index (χ4n) is 1.47. The Morgan fingerprint density at radius 1 is 1.40 bits per heavy atom. The van der Waals surface area contributed by atoms with Crippen LogP contribution in [0.4, 0.5) is 0 Å². The second-order valence-electron chi connectivity index (χ2n) is 3.31. The van der Waals surface area contributed by atoms with Gasteiger partial charge in [0, 0.05) is 11.9 Å². The van der Waals surface area contributed by atoms with Crippen molar-refractivity contribution in [3.63, 3.8) is 0 Å². The molecule has 0 aromatic carbocycles. The Hall–Kier alpha value is -1.04. The molecule has 0 aliphatic carbocycles. The van der Waals surface area contributed by atoms with E-state index in [0.29, 0.717) is 5.69 Å². The number of imidazole rings is 1. The van der Waals surface area contributed by atoms with E-state index in [4.69, 9.17) is 0 Å². The van der Waals surface area contributed by atoms with Crippen LogP contribution in [-0.2, 0) is 0 Å². The van der Waals surface area contributed by atoms with Crippen LogP contribution in [0.25, 0.3) is 5.65 Å². The summed E-state index contributed by atoms with van der Waals surface area (Å²) < 4.78 is 1.75. The fourth-order valence-corrected chi connectivity index (χ4v) is 1.67. The molecule has 0 saturated heterocycles. The quantitative estimate of drug-likeness (QED) is 0.671. The van der Waals surface area contributed by atoms with Crippen molar-refractivity contribution in [3.05, 3.63) is 36.3 Å². The maximum Gasteiger partial charge on any atom is 0.136 e. The summed E-state index contributed by atoms with van der Waals surface area (Å²) >= 11 is 3.94. The molecule has 2 heterocycles. The van der Waals surface area contributed by atoms with E-state index in [2.05, 4.69) is 17.6 Å². The largest absolute Gasteiger partial charge is 0.389 e. The van der Waals surface area contributed by atoms with Gasteiger partial charge in [-0.3, -0.25) is 0 Å². The van der Waals surface area contributed by atoms with Crippen molar-refractivity contribution in [3.8, 4) is 0 Å². The molecule has 0 aliphatic heterocycles. The summed E-state index contributed by atoms with van der Waals surface area (Å²) in [6, 6.07) is 5.55. The molecule has 80 valence electrons. The molecule has 0 radical (unpaired) electrons. The summed E-state index contributed by atoms with van der Waals surface area (Å²) in [4.78, 5) is 4.12. The van der Waals surface area contributed by atoms with Crippen molar-refractivity contribution in [2.24, 2.45) is 0 Å². The first-order valence-electron chi connectivity index (χ1n) is 4.63. The topological polar surface area (TPSA) is 57.8 Å². The molecule has 0 saturated carbocycles. The number of hydrogen-bond acceptors (Lipinski definition) is 4. The highest BCUT2D eigenvalue weighted by Crippen LogP contribution is 2.18. The summed E-state index contributed by atoms with van der Waals surface area (Å²) in [7, 11) is 0. The van der Waals surface area contributed by atoms with Crippen LogP contribution < -0.4 is 0 Å². The highest BCUT2D eigenvalue weighted by molar-refractivity contribution is 7.80. The lowest BCUT2D eigenvalue weighted by molar-refractivity contribution is 0.0305. The van der Waals surface area contributed by atoms with Gasteiger partial charge in [0.25, 0.3) is 0 Å². The number of aliphatic hydroxyl groups is 2. The van der Waals surface area contributed by atoms with Crippen LogP contribution in [0.15, 0.2) is 30.6 Å².